The maximum Gasteiger partial charge on any atom is 0.254 e. The first kappa shape index (κ1) is 17.0. The molecule has 23 heavy (non-hydrogen) atoms. The Labute approximate surface area is 138 Å². The summed E-state index contributed by atoms with van der Waals surface area (Å²) in [4.78, 5) is 13.6. The van der Waals surface area contributed by atoms with E-state index in [1.54, 1.807) is 12.3 Å². The molecule has 0 radical (unpaired) electrons. The number of hydrogen-bond donors (Lipinski definition) is 1. The Morgan fingerprint density at radius 3 is 2.91 bits per heavy atom. The minimum atomic E-state index is -0.394. The van der Waals surface area contributed by atoms with Crippen LogP contribution in [0.25, 0.3) is 0 Å². The molecule has 0 fully saturated rings. The summed E-state index contributed by atoms with van der Waals surface area (Å²) in [7, 11) is 2.14. The quantitative estimate of drug-likeness (QED) is 0.689. The summed E-state index contributed by atoms with van der Waals surface area (Å²) in [5.74, 6) is 0.0753. The van der Waals surface area contributed by atoms with Gasteiger partial charge in [0.2, 0.25) is 0 Å². The highest BCUT2D eigenvalue weighted by molar-refractivity contribution is 5.86. The second kappa shape index (κ2) is 6.41. The topological polar surface area (TPSA) is 68.5 Å². The highest BCUT2D eigenvalue weighted by Gasteiger charge is 2.34. The zero-order valence-corrected chi connectivity index (χ0v) is 14.5. The first-order valence-electron chi connectivity index (χ1n) is 7.83. The van der Waals surface area contributed by atoms with Gasteiger partial charge in [-0.25, -0.2) is 5.43 Å². The number of anilines is 1. The molecule has 1 N–H and O–H groups in total. The van der Waals surface area contributed by atoms with Crippen molar-refractivity contribution in [1.82, 2.24) is 5.43 Å². The summed E-state index contributed by atoms with van der Waals surface area (Å²) in [5.41, 5.74) is 7.17. The Bertz CT molecular complexity index is 685. The van der Waals surface area contributed by atoms with Crippen LogP contribution in [0.5, 0.6) is 0 Å². The van der Waals surface area contributed by atoms with Gasteiger partial charge in [-0.1, -0.05) is 6.92 Å². The number of nitrogens with one attached hydrogen (secondary N) is 1. The number of amides is 1. The molecule has 1 aliphatic rings. The van der Waals surface area contributed by atoms with Crippen molar-refractivity contribution < 1.29 is 4.79 Å². The summed E-state index contributed by atoms with van der Waals surface area (Å²) in [5, 5.41) is 12.4. The molecule has 0 spiro atoms. The fourth-order valence-electron chi connectivity index (χ4n) is 3.16. The van der Waals surface area contributed by atoms with Crippen molar-refractivity contribution in [2.45, 2.75) is 52.0 Å². The first-order valence-corrected chi connectivity index (χ1v) is 7.83. The van der Waals surface area contributed by atoms with E-state index >= 15 is 0 Å². The van der Waals surface area contributed by atoms with Crippen molar-refractivity contribution in [3.8, 4) is 6.07 Å². The molecule has 1 aliphatic heterocycles. The SMILES string of the molecule is Cc1cc2c(cc1/C=N\NC(=O)CC#N)[C@H](C)CC(C)(C)N2C. The van der Waals surface area contributed by atoms with E-state index in [2.05, 4.69) is 55.4 Å². The molecule has 0 saturated carbocycles. The molecule has 0 saturated heterocycles. The van der Waals surface area contributed by atoms with Gasteiger partial charge in [0.05, 0.1) is 12.3 Å². The Morgan fingerprint density at radius 1 is 1.57 bits per heavy atom. The predicted molar refractivity (Wildman–Crippen MR) is 92.7 cm³/mol. The van der Waals surface area contributed by atoms with Gasteiger partial charge in [-0.2, -0.15) is 10.4 Å². The third kappa shape index (κ3) is 3.53. The summed E-state index contributed by atoms with van der Waals surface area (Å²) in [6.45, 7) is 8.82. The second-order valence-electron chi connectivity index (χ2n) is 6.87. The van der Waals surface area contributed by atoms with Crippen LogP contribution in [0.15, 0.2) is 17.2 Å². The van der Waals surface area contributed by atoms with Crippen molar-refractivity contribution in [3.05, 3.63) is 28.8 Å². The number of hydrazone groups is 1. The van der Waals surface area contributed by atoms with E-state index in [1.807, 2.05) is 6.92 Å². The molecule has 1 aromatic rings. The highest BCUT2D eigenvalue weighted by Crippen LogP contribution is 2.43. The molecule has 1 atom stereocenters. The number of fused-ring (bicyclic) bond motifs is 1. The zero-order chi connectivity index (χ0) is 17.2. The van der Waals surface area contributed by atoms with Crippen molar-refractivity contribution in [3.63, 3.8) is 0 Å². The van der Waals surface area contributed by atoms with Crippen LogP contribution in [-0.4, -0.2) is 24.7 Å². The molecule has 5 heteroatoms. The number of hydrogen-bond acceptors (Lipinski definition) is 4. The largest absolute Gasteiger partial charge is 0.369 e. The minimum Gasteiger partial charge on any atom is -0.369 e. The van der Waals surface area contributed by atoms with Crippen molar-refractivity contribution in [1.29, 1.82) is 5.26 Å². The van der Waals surface area contributed by atoms with E-state index in [-0.39, 0.29) is 12.0 Å². The Balaban J connectivity index is 2.29. The molecule has 2 rings (SSSR count). The lowest BCUT2D eigenvalue weighted by Crippen LogP contribution is -2.45. The monoisotopic (exact) mass is 312 g/mol. The molecule has 1 amide bonds. The molecule has 5 nitrogen and oxygen atoms in total. The van der Waals surface area contributed by atoms with Gasteiger partial charge >= 0.3 is 0 Å². The van der Waals surface area contributed by atoms with E-state index in [0.29, 0.717) is 5.92 Å². The highest BCUT2D eigenvalue weighted by atomic mass is 16.2. The van der Waals surface area contributed by atoms with Crippen LogP contribution in [0.1, 0.15) is 56.2 Å². The van der Waals surface area contributed by atoms with E-state index in [4.69, 9.17) is 5.26 Å². The number of nitrogens with zero attached hydrogens (tertiary/aromatic N) is 3. The van der Waals surface area contributed by atoms with E-state index in [0.717, 1.165) is 17.5 Å². The summed E-state index contributed by atoms with van der Waals surface area (Å²) in [6, 6.07) is 6.13. The van der Waals surface area contributed by atoms with Crippen LogP contribution in [0, 0.1) is 18.3 Å². The molecule has 122 valence electrons. The van der Waals surface area contributed by atoms with Crippen LogP contribution in [0.4, 0.5) is 5.69 Å². The number of carbonyl (C=O) groups excluding carboxylic acids is 1. The molecule has 1 aromatic carbocycles. The average molecular weight is 312 g/mol. The van der Waals surface area contributed by atoms with Crippen molar-refractivity contribution >= 4 is 17.8 Å². The number of nitriles is 1. The van der Waals surface area contributed by atoms with Crippen LogP contribution in [0.3, 0.4) is 0 Å². The van der Waals surface area contributed by atoms with Gasteiger partial charge in [0.15, 0.2) is 0 Å². The van der Waals surface area contributed by atoms with Gasteiger partial charge in [0.1, 0.15) is 6.42 Å². The van der Waals surface area contributed by atoms with E-state index < -0.39 is 5.91 Å². The van der Waals surface area contributed by atoms with E-state index in [9.17, 15) is 4.79 Å². The Morgan fingerprint density at radius 2 is 2.26 bits per heavy atom. The predicted octanol–water partition coefficient (Wildman–Crippen LogP) is 3.08. The van der Waals surface area contributed by atoms with Gasteiger partial charge < -0.3 is 4.90 Å². The standard InChI is InChI=1S/C18H24N4O/c1-12-8-16-15(13(2)10-18(3,4)22(16)5)9-14(12)11-20-21-17(23)6-7-19/h8-9,11,13H,6,10H2,1-5H3,(H,21,23)/b20-11-/t13-/m1/s1. The summed E-state index contributed by atoms with van der Waals surface area (Å²) in [6.07, 6.45) is 2.56. The Hall–Kier alpha value is -2.35. The lowest BCUT2D eigenvalue weighted by atomic mass is 9.79. The molecule has 1 heterocycles. The summed E-state index contributed by atoms with van der Waals surface area (Å²) >= 11 is 0. The number of carbonyl (C=O) groups is 1. The second-order valence-corrected chi connectivity index (χ2v) is 6.87. The fourth-order valence-corrected chi connectivity index (χ4v) is 3.16. The van der Waals surface area contributed by atoms with Crippen molar-refractivity contribution in [2.75, 3.05) is 11.9 Å². The van der Waals surface area contributed by atoms with Gasteiger partial charge in [0.25, 0.3) is 5.91 Å². The van der Waals surface area contributed by atoms with Crippen LogP contribution >= 0.6 is 0 Å². The van der Waals surface area contributed by atoms with Crippen LogP contribution < -0.4 is 10.3 Å². The molecule has 0 aromatic heterocycles. The third-order valence-corrected chi connectivity index (χ3v) is 4.65. The fraction of sp³-hybridized carbons (Fsp3) is 0.500. The van der Waals surface area contributed by atoms with Crippen LogP contribution in [-0.2, 0) is 4.79 Å². The Kier molecular flexibility index (Phi) is 4.74. The lowest BCUT2D eigenvalue weighted by Gasteiger charge is -2.45. The number of aryl methyl sites for hydroxylation is 1. The molecule has 0 unspecified atom stereocenters. The first-order chi connectivity index (χ1) is 10.8. The van der Waals surface area contributed by atoms with Gasteiger partial charge in [-0.15, -0.1) is 0 Å². The molecular weight excluding hydrogens is 288 g/mol. The molecule has 0 bridgehead atoms. The van der Waals surface area contributed by atoms with E-state index in [1.165, 1.54) is 11.3 Å². The summed E-state index contributed by atoms with van der Waals surface area (Å²) < 4.78 is 0. The van der Waals surface area contributed by atoms with Gasteiger partial charge in [-0.05, 0) is 61.9 Å². The smallest absolute Gasteiger partial charge is 0.254 e. The van der Waals surface area contributed by atoms with Crippen molar-refractivity contribution in [2.24, 2.45) is 5.10 Å². The maximum atomic E-state index is 11.3. The molecule has 0 aliphatic carbocycles. The number of benzene rings is 1. The minimum absolute atomic E-state index is 0.139. The third-order valence-electron chi connectivity index (χ3n) is 4.65. The molecular formula is C18H24N4O. The van der Waals surface area contributed by atoms with Gasteiger partial charge in [-0.3, -0.25) is 4.79 Å². The zero-order valence-electron chi connectivity index (χ0n) is 14.5. The lowest BCUT2D eigenvalue weighted by molar-refractivity contribution is -0.120. The van der Waals surface area contributed by atoms with Crippen LogP contribution in [0.2, 0.25) is 0 Å². The average Bonchev–Trinajstić information content (AvgIpc) is 2.46. The maximum absolute atomic E-state index is 11.3. The normalized spacial score (nSPS) is 19.3. The van der Waals surface area contributed by atoms with Gasteiger partial charge in [0, 0.05) is 18.3 Å². The number of rotatable bonds is 3.